The number of carbonyl (C=O) groups is 3. The molecule has 0 saturated heterocycles. The van der Waals surface area contributed by atoms with Gasteiger partial charge in [-0.3, -0.25) is 14.4 Å². The van der Waals surface area contributed by atoms with Crippen molar-refractivity contribution in [3.8, 4) is 0 Å². The molecule has 1 N–H and O–H groups in total. The van der Waals surface area contributed by atoms with Gasteiger partial charge in [-0.25, -0.2) is 0 Å². The first-order valence-corrected chi connectivity index (χ1v) is 12.1. The minimum Gasteiger partial charge on any atom is -0.469 e. The van der Waals surface area contributed by atoms with Crippen molar-refractivity contribution >= 4 is 17.7 Å². The van der Waals surface area contributed by atoms with Gasteiger partial charge in [-0.2, -0.15) is 0 Å². The Hall–Kier alpha value is -1.69. The fourth-order valence-electron chi connectivity index (χ4n) is 8.39. The third-order valence-corrected chi connectivity index (χ3v) is 10.2. The summed E-state index contributed by atoms with van der Waals surface area (Å²) >= 11 is 0. The summed E-state index contributed by atoms with van der Waals surface area (Å²) in [7, 11) is 2.82. The van der Waals surface area contributed by atoms with Crippen LogP contribution in [0.3, 0.4) is 0 Å². The van der Waals surface area contributed by atoms with Gasteiger partial charge in [0.15, 0.2) is 5.78 Å². The molecule has 0 aliphatic heterocycles. The second-order valence-electron chi connectivity index (χ2n) is 11.2. The fraction of sp³-hybridized carbons (Fsp3) is 0.808. The molecule has 4 rings (SSSR count). The lowest BCUT2D eigenvalue weighted by Crippen LogP contribution is -2.60. The maximum absolute atomic E-state index is 13.1. The van der Waals surface area contributed by atoms with Crippen LogP contribution in [0.25, 0.3) is 0 Å². The molecule has 3 fully saturated rings. The first kappa shape index (κ1) is 23.5. The summed E-state index contributed by atoms with van der Waals surface area (Å²) in [5, 5.41) is 11.8. The van der Waals surface area contributed by atoms with E-state index in [-0.39, 0.29) is 64.6 Å². The van der Waals surface area contributed by atoms with E-state index in [4.69, 9.17) is 9.47 Å². The number of ketones is 1. The quantitative estimate of drug-likeness (QED) is 0.660. The molecule has 3 saturated carbocycles. The standard InChI is InChI=1S/C26H38O6/c1-15-19-14-16(27)6-10-24(19,2)17-7-11-25(3)18(22(17)21(15)23(29)32-5)8-12-26(25,30)13-9-20(28)31-4/h14-15,17-18,21-22,30H,6-13H2,1-5H3/t15-,17-,18-,21+,22+,24+,25-,26+/m0/s1. The lowest BCUT2D eigenvalue weighted by molar-refractivity contribution is -0.174. The molecule has 0 radical (unpaired) electrons. The average Bonchev–Trinajstić information content (AvgIpc) is 3.04. The van der Waals surface area contributed by atoms with Crippen LogP contribution < -0.4 is 0 Å². The average molecular weight is 447 g/mol. The topological polar surface area (TPSA) is 89.9 Å². The van der Waals surface area contributed by atoms with Crippen molar-refractivity contribution in [1.82, 2.24) is 0 Å². The van der Waals surface area contributed by atoms with Crippen LogP contribution >= 0.6 is 0 Å². The van der Waals surface area contributed by atoms with E-state index in [1.165, 1.54) is 14.2 Å². The molecule has 0 aromatic carbocycles. The third-order valence-electron chi connectivity index (χ3n) is 10.2. The van der Waals surface area contributed by atoms with Crippen molar-refractivity contribution in [2.75, 3.05) is 14.2 Å². The zero-order valence-corrected chi connectivity index (χ0v) is 20.1. The van der Waals surface area contributed by atoms with Gasteiger partial charge >= 0.3 is 11.9 Å². The maximum Gasteiger partial charge on any atom is 0.309 e. The number of carbonyl (C=O) groups excluding carboxylic acids is 3. The Morgan fingerprint density at radius 1 is 1.09 bits per heavy atom. The Kier molecular flexibility index (Phi) is 5.84. The van der Waals surface area contributed by atoms with Crippen LogP contribution in [0, 0.1) is 40.4 Å². The Morgan fingerprint density at radius 2 is 1.78 bits per heavy atom. The smallest absolute Gasteiger partial charge is 0.309 e. The highest BCUT2D eigenvalue weighted by molar-refractivity contribution is 5.92. The van der Waals surface area contributed by atoms with E-state index in [2.05, 4.69) is 20.8 Å². The second-order valence-corrected chi connectivity index (χ2v) is 11.2. The Morgan fingerprint density at radius 3 is 2.44 bits per heavy atom. The molecule has 0 aromatic heterocycles. The van der Waals surface area contributed by atoms with Crippen molar-refractivity contribution in [2.45, 2.75) is 77.7 Å². The van der Waals surface area contributed by atoms with E-state index in [1.807, 2.05) is 6.08 Å². The summed E-state index contributed by atoms with van der Waals surface area (Å²) in [5.74, 6) is -0.180. The molecule has 0 aromatic rings. The van der Waals surface area contributed by atoms with Crippen molar-refractivity contribution < 1.29 is 29.0 Å². The lowest BCUT2D eigenvalue weighted by atomic mass is 9.42. The lowest BCUT2D eigenvalue weighted by Gasteiger charge is -2.62. The number of esters is 2. The van der Waals surface area contributed by atoms with Crippen LogP contribution in [0.15, 0.2) is 11.6 Å². The Labute approximate surface area is 191 Å². The normalized spacial score (nSPS) is 45.2. The third kappa shape index (κ3) is 3.19. The number of ether oxygens (including phenoxy) is 2. The van der Waals surface area contributed by atoms with Crippen molar-refractivity contribution in [3.05, 3.63) is 11.6 Å². The summed E-state index contributed by atoms with van der Waals surface area (Å²) in [6, 6.07) is 0. The minimum atomic E-state index is -0.944. The molecular weight excluding hydrogens is 408 g/mol. The van der Waals surface area contributed by atoms with Crippen molar-refractivity contribution in [2.24, 2.45) is 40.4 Å². The zero-order chi connectivity index (χ0) is 23.5. The fourth-order valence-corrected chi connectivity index (χ4v) is 8.39. The van der Waals surface area contributed by atoms with E-state index in [0.29, 0.717) is 19.3 Å². The predicted octanol–water partition coefficient (Wildman–Crippen LogP) is 3.85. The van der Waals surface area contributed by atoms with Gasteiger partial charge in [0.05, 0.1) is 25.7 Å². The largest absolute Gasteiger partial charge is 0.469 e. The molecule has 178 valence electrons. The molecule has 0 amide bonds. The molecule has 0 unspecified atom stereocenters. The highest BCUT2D eigenvalue weighted by Crippen LogP contribution is 2.70. The number of rotatable bonds is 4. The predicted molar refractivity (Wildman–Crippen MR) is 118 cm³/mol. The SMILES string of the molecule is COC(=O)CC[C@]1(O)CC[C@H]2[C@@H]3[C@H](C(=O)OC)[C@@H](C)C4=CC(=O)CC[C@]4(C)[C@H]3CC[C@@]21C. The second kappa shape index (κ2) is 7.96. The van der Waals surface area contributed by atoms with Gasteiger partial charge in [0.1, 0.15) is 0 Å². The monoisotopic (exact) mass is 446 g/mol. The highest BCUT2D eigenvalue weighted by atomic mass is 16.5. The number of aliphatic hydroxyl groups is 1. The molecule has 0 spiro atoms. The van der Waals surface area contributed by atoms with Crippen LogP contribution in [0.5, 0.6) is 0 Å². The summed E-state index contributed by atoms with van der Waals surface area (Å²) in [6.07, 6.45) is 7.02. The van der Waals surface area contributed by atoms with E-state index in [0.717, 1.165) is 31.3 Å². The van der Waals surface area contributed by atoms with Crippen LogP contribution in [-0.2, 0) is 23.9 Å². The summed E-state index contributed by atoms with van der Waals surface area (Å²) in [5.41, 5.74) is -0.291. The van der Waals surface area contributed by atoms with Gasteiger partial charge in [0.2, 0.25) is 0 Å². The molecule has 4 aliphatic rings. The molecule has 6 heteroatoms. The van der Waals surface area contributed by atoms with E-state index >= 15 is 0 Å². The zero-order valence-electron chi connectivity index (χ0n) is 20.1. The van der Waals surface area contributed by atoms with E-state index in [1.54, 1.807) is 0 Å². The summed E-state index contributed by atoms with van der Waals surface area (Å²) in [4.78, 5) is 37.3. The molecule has 8 atom stereocenters. The first-order valence-electron chi connectivity index (χ1n) is 12.1. The first-order chi connectivity index (χ1) is 15.0. The van der Waals surface area contributed by atoms with Gasteiger partial charge in [-0.15, -0.1) is 0 Å². The molecule has 4 aliphatic carbocycles. The molecule has 0 bridgehead atoms. The highest BCUT2D eigenvalue weighted by Gasteiger charge is 2.67. The summed E-state index contributed by atoms with van der Waals surface area (Å²) < 4.78 is 10.1. The van der Waals surface area contributed by atoms with Crippen molar-refractivity contribution in [3.63, 3.8) is 0 Å². The number of allylic oxidation sites excluding steroid dienone is 1. The van der Waals surface area contributed by atoms with Crippen molar-refractivity contribution in [1.29, 1.82) is 0 Å². The summed E-state index contributed by atoms with van der Waals surface area (Å²) in [6.45, 7) is 6.52. The van der Waals surface area contributed by atoms with Gasteiger partial charge in [-0.05, 0) is 79.1 Å². The van der Waals surface area contributed by atoms with Crippen LogP contribution in [0.4, 0.5) is 0 Å². The van der Waals surface area contributed by atoms with E-state index < -0.39 is 5.60 Å². The minimum absolute atomic E-state index is 0.0657. The maximum atomic E-state index is 13.1. The van der Waals surface area contributed by atoms with Gasteiger partial charge < -0.3 is 14.6 Å². The van der Waals surface area contributed by atoms with Gasteiger partial charge in [-0.1, -0.05) is 26.3 Å². The molecule has 6 nitrogen and oxygen atoms in total. The molecular formula is C26H38O6. The van der Waals surface area contributed by atoms with Crippen LogP contribution in [0.1, 0.15) is 72.1 Å². The number of fused-ring (bicyclic) bond motifs is 5. The molecule has 0 heterocycles. The van der Waals surface area contributed by atoms with E-state index in [9.17, 15) is 19.5 Å². The molecule has 32 heavy (non-hydrogen) atoms. The van der Waals surface area contributed by atoms with Crippen LogP contribution in [-0.4, -0.2) is 42.6 Å². The van der Waals surface area contributed by atoms with Crippen LogP contribution in [0.2, 0.25) is 0 Å². The number of hydrogen-bond donors (Lipinski definition) is 1. The van der Waals surface area contributed by atoms with Gasteiger partial charge in [0.25, 0.3) is 0 Å². The Bertz CT molecular complexity index is 847. The Balaban J connectivity index is 1.75. The van der Waals surface area contributed by atoms with Gasteiger partial charge in [0, 0.05) is 12.8 Å². The number of hydrogen-bond acceptors (Lipinski definition) is 6. The number of methoxy groups -OCH3 is 2.